The largest absolute Gasteiger partial charge is 0.467 e. The van der Waals surface area contributed by atoms with Crippen molar-refractivity contribution in [2.75, 3.05) is 7.11 Å². The molecule has 7 nitrogen and oxygen atoms in total. The summed E-state index contributed by atoms with van der Waals surface area (Å²) in [5.74, 6) is -2.30. The zero-order valence-electron chi connectivity index (χ0n) is 10.0. The highest BCUT2D eigenvalue weighted by Gasteiger charge is 2.65. The zero-order chi connectivity index (χ0) is 13.7. The first-order valence-corrected chi connectivity index (χ1v) is 6.07. The third-order valence-corrected chi connectivity index (χ3v) is 4.54. The molecule has 0 N–H and O–H groups in total. The average molecular weight is 269 g/mol. The number of carbonyl (C=O) groups is 3. The number of carbonyl (C=O) groups excluding carboxylic acids is 3. The van der Waals surface area contributed by atoms with E-state index in [0.717, 1.165) is 4.90 Å². The number of esters is 1. The minimum Gasteiger partial charge on any atom is -0.467 e. The van der Waals surface area contributed by atoms with E-state index in [0.29, 0.717) is 0 Å². The molecule has 0 aromatic carbocycles. The number of amides is 1. The van der Waals surface area contributed by atoms with Crippen molar-refractivity contribution in [3.8, 4) is 0 Å². The summed E-state index contributed by atoms with van der Waals surface area (Å²) >= 11 is 1.22. The van der Waals surface area contributed by atoms with Crippen molar-refractivity contribution in [3.63, 3.8) is 0 Å². The molecule has 0 spiro atoms. The number of hydrogen-bond donors (Lipinski definition) is 0. The highest BCUT2D eigenvalue weighted by atomic mass is 32.2. The van der Waals surface area contributed by atoms with Crippen LogP contribution < -0.4 is 0 Å². The molecule has 96 valence electrons. The van der Waals surface area contributed by atoms with E-state index in [1.807, 2.05) is 0 Å². The molecule has 8 heteroatoms. The number of thioether (sulfide) groups is 1. The minimum absolute atomic E-state index is 0.232. The summed E-state index contributed by atoms with van der Waals surface area (Å²) in [7, 11) is 1.22. The van der Waals surface area contributed by atoms with Gasteiger partial charge in [-0.1, -0.05) is 0 Å². The number of ketones is 1. The third-order valence-electron chi connectivity index (χ3n) is 3.03. The Hall–Kier alpha value is -1.66. The van der Waals surface area contributed by atoms with Crippen LogP contribution in [0, 0.1) is 0 Å². The molecule has 0 aromatic rings. The topological polar surface area (TPSA) is 100 Å². The van der Waals surface area contributed by atoms with E-state index >= 15 is 0 Å². The van der Waals surface area contributed by atoms with Crippen molar-refractivity contribution < 1.29 is 23.9 Å². The second-order valence-corrected chi connectivity index (χ2v) is 6.26. The molecule has 2 heterocycles. The lowest BCUT2D eigenvalue weighted by molar-refractivity contribution is -0.153. The summed E-state index contributed by atoms with van der Waals surface area (Å²) in [5.41, 5.74) is 8.58. The van der Waals surface area contributed by atoms with Crippen LogP contribution in [0.2, 0.25) is 0 Å². The first-order chi connectivity index (χ1) is 8.35. The van der Waals surface area contributed by atoms with Crippen molar-refractivity contribution in [2.45, 2.75) is 30.0 Å². The molecule has 0 bridgehead atoms. The predicted molar refractivity (Wildman–Crippen MR) is 61.7 cm³/mol. The van der Waals surface area contributed by atoms with Gasteiger partial charge in [0.15, 0.2) is 5.37 Å². The Labute approximate surface area is 107 Å². The van der Waals surface area contributed by atoms with Crippen molar-refractivity contribution in [3.05, 3.63) is 5.53 Å². The lowest BCUT2D eigenvalue weighted by Crippen LogP contribution is -2.49. The Morgan fingerprint density at radius 1 is 1.50 bits per heavy atom. The lowest BCUT2D eigenvalue weighted by Gasteiger charge is -2.26. The maximum Gasteiger partial charge on any atom is 0.377 e. The van der Waals surface area contributed by atoms with E-state index in [4.69, 9.17) is 5.53 Å². The van der Waals surface area contributed by atoms with Crippen LogP contribution >= 0.6 is 11.8 Å². The van der Waals surface area contributed by atoms with Crippen LogP contribution in [0.15, 0.2) is 0 Å². The molecule has 2 unspecified atom stereocenters. The molecular weight excluding hydrogens is 258 g/mol. The van der Waals surface area contributed by atoms with Crippen LogP contribution in [0.4, 0.5) is 0 Å². The highest BCUT2D eigenvalue weighted by molar-refractivity contribution is 8.02. The lowest BCUT2D eigenvalue weighted by atomic mass is 10.0. The summed E-state index contributed by atoms with van der Waals surface area (Å²) in [6.07, 6.45) is 0. The average Bonchev–Trinajstić information content (AvgIpc) is 2.70. The number of fused-ring (bicyclic) bond motifs is 1. The van der Waals surface area contributed by atoms with Crippen LogP contribution in [0.5, 0.6) is 0 Å². The maximum absolute atomic E-state index is 11.8. The molecule has 2 saturated heterocycles. The SMILES string of the molecule is COC(=O)C1N2C(=O)C(=O)C(=[N+]=[N-])C2SC1(C)C. The van der Waals surface area contributed by atoms with E-state index in [1.165, 1.54) is 18.9 Å². The van der Waals surface area contributed by atoms with Gasteiger partial charge >= 0.3 is 23.4 Å². The normalized spacial score (nSPS) is 29.3. The smallest absolute Gasteiger partial charge is 0.377 e. The minimum atomic E-state index is -0.876. The fourth-order valence-electron chi connectivity index (χ4n) is 2.23. The quantitative estimate of drug-likeness (QED) is 0.275. The number of ether oxygens (including phenoxy) is 1. The Balaban J connectivity index is 2.51. The van der Waals surface area contributed by atoms with Gasteiger partial charge in [-0.2, -0.15) is 4.79 Å². The van der Waals surface area contributed by atoms with E-state index in [9.17, 15) is 14.4 Å². The zero-order valence-corrected chi connectivity index (χ0v) is 10.9. The summed E-state index contributed by atoms with van der Waals surface area (Å²) in [6, 6.07) is -0.867. The summed E-state index contributed by atoms with van der Waals surface area (Å²) in [6.45, 7) is 3.54. The van der Waals surface area contributed by atoms with Gasteiger partial charge in [-0.25, -0.2) is 4.79 Å². The molecule has 0 aliphatic carbocycles. The highest BCUT2D eigenvalue weighted by Crippen LogP contribution is 2.47. The van der Waals surface area contributed by atoms with E-state index < -0.39 is 33.8 Å². The molecule has 2 rings (SSSR count). The van der Waals surface area contributed by atoms with Crippen molar-refractivity contribution in [2.24, 2.45) is 0 Å². The van der Waals surface area contributed by atoms with Crippen molar-refractivity contribution in [1.29, 1.82) is 0 Å². The second-order valence-electron chi connectivity index (χ2n) is 4.53. The number of rotatable bonds is 1. The van der Waals surface area contributed by atoms with Crippen molar-refractivity contribution in [1.82, 2.24) is 4.90 Å². The first kappa shape index (κ1) is 12.8. The second kappa shape index (κ2) is 3.93. The monoisotopic (exact) mass is 269 g/mol. The predicted octanol–water partition coefficient (Wildman–Crippen LogP) is -0.538. The van der Waals surface area contributed by atoms with E-state index in [-0.39, 0.29) is 5.71 Å². The summed E-state index contributed by atoms with van der Waals surface area (Å²) in [4.78, 5) is 39.2. The number of Topliss-reactive ketones (excluding diaryl/α,β-unsaturated/α-hetero) is 1. The molecule has 2 aliphatic heterocycles. The Morgan fingerprint density at radius 2 is 2.11 bits per heavy atom. The van der Waals surface area contributed by atoms with Gasteiger partial charge in [-0.05, 0) is 13.8 Å². The van der Waals surface area contributed by atoms with Crippen LogP contribution in [0.3, 0.4) is 0 Å². The van der Waals surface area contributed by atoms with Gasteiger partial charge in [-0.15, -0.1) is 11.8 Å². The van der Waals surface area contributed by atoms with Crippen LogP contribution in [-0.4, -0.2) is 56.3 Å². The van der Waals surface area contributed by atoms with E-state index in [2.05, 4.69) is 9.53 Å². The Bertz CT molecular complexity index is 509. The molecule has 0 radical (unpaired) electrons. The molecule has 18 heavy (non-hydrogen) atoms. The molecule has 0 aromatic heterocycles. The molecule has 1 amide bonds. The third kappa shape index (κ3) is 1.49. The van der Waals surface area contributed by atoms with Crippen LogP contribution in [-0.2, 0) is 19.1 Å². The number of nitrogens with zero attached hydrogens (tertiary/aromatic N) is 3. The van der Waals surface area contributed by atoms with Gasteiger partial charge in [0.2, 0.25) is 0 Å². The summed E-state index contributed by atoms with van der Waals surface area (Å²) in [5, 5.41) is -0.728. The van der Waals surface area contributed by atoms with Gasteiger partial charge in [0, 0.05) is 4.75 Å². The molecular formula is C10H11N3O4S. The Kier molecular flexibility index (Phi) is 2.79. The van der Waals surface area contributed by atoms with Crippen LogP contribution in [0.25, 0.3) is 5.53 Å². The fourth-order valence-corrected chi connectivity index (χ4v) is 3.74. The number of methoxy groups -OCH3 is 1. The van der Waals surface area contributed by atoms with Crippen LogP contribution in [0.1, 0.15) is 13.8 Å². The number of hydrogen-bond acceptors (Lipinski definition) is 5. The van der Waals surface area contributed by atoms with E-state index in [1.54, 1.807) is 13.8 Å². The standard InChI is InChI=1S/C10H11N3O4S/c1-10(2)6(9(16)17-3)13-7(15)5(14)4(12-11)8(13)18-10/h6,8H,1-3H3. The molecule has 2 fully saturated rings. The van der Waals surface area contributed by atoms with Gasteiger partial charge in [0.05, 0.1) is 7.11 Å². The maximum atomic E-state index is 11.8. The molecule has 2 aliphatic rings. The van der Waals surface area contributed by atoms with Gasteiger partial charge < -0.3 is 10.3 Å². The fraction of sp³-hybridized carbons (Fsp3) is 0.600. The summed E-state index contributed by atoms with van der Waals surface area (Å²) < 4.78 is 4.05. The van der Waals surface area contributed by atoms with Gasteiger partial charge in [-0.3, -0.25) is 14.5 Å². The first-order valence-electron chi connectivity index (χ1n) is 5.19. The molecule has 0 saturated carbocycles. The van der Waals surface area contributed by atoms with Gasteiger partial charge in [0.1, 0.15) is 6.04 Å². The molecule has 2 atom stereocenters. The Morgan fingerprint density at radius 3 is 2.61 bits per heavy atom. The van der Waals surface area contributed by atoms with Crippen molar-refractivity contribution >= 4 is 35.1 Å². The van der Waals surface area contributed by atoms with Gasteiger partial charge in [0.25, 0.3) is 0 Å².